The lowest BCUT2D eigenvalue weighted by Gasteiger charge is -2.06. The van der Waals surface area contributed by atoms with Gasteiger partial charge in [0, 0.05) is 23.4 Å². The standard InChI is InChI=1S/C12H13ClFN3S/c1-7-12(13)10(17(2)16-7)6-18-11-5-8(14)3-4-9(11)15/h3-5H,6,15H2,1-2H3. The zero-order valence-corrected chi connectivity index (χ0v) is 11.6. The van der Waals surface area contributed by atoms with Crippen molar-refractivity contribution in [3.05, 3.63) is 40.4 Å². The van der Waals surface area contributed by atoms with Crippen molar-refractivity contribution < 1.29 is 4.39 Å². The third-order valence-corrected chi connectivity index (χ3v) is 4.18. The maximum atomic E-state index is 13.1. The summed E-state index contributed by atoms with van der Waals surface area (Å²) in [5.41, 5.74) is 8.06. The summed E-state index contributed by atoms with van der Waals surface area (Å²) >= 11 is 7.60. The first-order valence-corrected chi connectivity index (χ1v) is 6.71. The predicted octanol–water partition coefficient (Wildman–Crippen LogP) is 3.40. The maximum absolute atomic E-state index is 13.1. The molecule has 0 unspecified atom stereocenters. The Morgan fingerprint density at radius 3 is 2.83 bits per heavy atom. The monoisotopic (exact) mass is 285 g/mol. The zero-order chi connectivity index (χ0) is 13.3. The number of halogens is 2. The van der Waals surface area contributed by atoms with E-state index in [-0.39, 0.29) is 5.82 Å². The van der Waals surface area contributed by atoms with Crippen LogP contribution in [0.25, 0.3) is 0 Å². The molecule has 0 aliphatic rings. The predicted molar refractivity (Wildman–Crippen MR) is 73.3 cm³/mol. The van der Waals surface area contributed by atoms with E-state index in [9.17, 15) is 4.39 Å². The fourth-order valence-electron chi connectivity index (χ4n) is 1.62. The molecular weight excluding hydrogens is 273 g/mol. The summed E-state index contributed by atoms with van der Waals surface area (Å²) in [6, 6.07) is 4.34. The van der Waals surface area contributed by atoms with Gasteiger partial charge in [-0.1, -0.05) is 11.6 Å². The Morgan fingerprint density at radius 1 is 1.50 bits per heavy atom. The average molecular weight is 286 g/mol. The second-order valence-corrected chi connectivity index (χ2v) is 5.34. The Hall–Kier alpha value is -1.20. The van der Waals surface area contributed by atoms with Crippen LogP contribution in [0.2, 0.25) is 5.02 Å². The van der Waals surface area contributed by atoms with E-state index in [4.69, 9.17) is 17.3 Å². The Labute approximate surface area is 114 Å². The molecule has 1 aromatic carbocycles. The van der Waals surface area contributed by atoms with E-state index in [0.29, 0.717) is 21.4 Å². The molecule has 0 spiro atoms. The van der Waals surface area contributed by atoms with Gasteiger partial charge in [-0.15, -0.1) is 11.8 Å². The Bertz CT molecular complexity index is 583. The lowest BCUT2D eigenvalue weighted by atomic mass is 10.3. The van der Waals surface area contributed by atoms with E-state index in [1.165, 1.54) is 23.9 Å². The van der Waals surface area contributed by atoms with Gasteiger partial charge in [0.05, 0.1) is 16.4 Å². The molecule has 0 bridgehead atoms. The normalized spacial score (nSPS) is 10.9. The van der Waals surface area contributed by atoms with Gasteiger partial charge >= 0.3 is 0 Å². The second kappa shape index (κ2) is 5.20. The fourth-order valence-corrected chi connectivity index (χ4v) is 2.98. The molecule has 2 rings (SSSR count). The molecule has 1 aromatic heterocycles. The Kier molecular flexibility index (Phi) is 3.82. The van der Waals surface area contributed by atoms with Crippen LogP contribution in [-0.4, -0.2) is 9.78 Å². The first kappa shape index (κ1) is 13.2. The molecule has 0 atom stereocenters. The van der Waals surface area contributed by atoms with Crippen LogP contribution in [0.15, 0.2) is 23.1 Å². The van der Waals surface area contributed by atoms with Crippen molar-refractivity contribution in [2.24, 2.45) is 7.05 Å². The average Bonchev–Trinajstić information content (AvgIpc) is 2.55. The van der Waals surface area contributed by atoms with Crippen molar-refractivity contribution in [3.8, 4) is 0 Å². The Balaban J connectivity index is 2.19. The summed E-state index contributed by atoms with van der Waals surface area (Å²) in [4.78, 5) is 0.713. The van der Waals surface area contributed by atoms with Gasteiger partial charge in [0.15, 0.2) is 0 Å². The number of thioether (sulfide) groups is 1. The minimum atomic E-state index is -0.293. The smallest absolute Gasteiger partial charge is 0.124 e. The van der Waals surface area contributed by atoms with Crippen molar-refractivity contribution in [1.29, 1.82) is 0 Å². The first-order valence-electron chi connectivity index (χ1n) is 5.35. The SMILES string of the molecule is Cc1nn(C)c(CSc2cc(F)ccc2N)c1Cl. The highest BCUT2D eigenvalue weighted by molar-refractivity contribution is 7.98. The quantitative estimate of drug-likeness (QED) is 0.694. The summed E-state index contributed by atoms with van der Waals surface area (Å²) in [6.07, 6.45) is 0. The number of anilines is 1. The van der Waals surface area contributed by atoms with Crippen molar-refractivity contribution in [1.82, 2.24) is 9.78 Å². The summed E-state index contributed by atoms with van der Waals surface area (Å²) in [6.45, 7) is 1.85. The summed E-state index contributed by atoms with van der Waals surface area (Å²) in [5, 5.41) is 4.88. The van der Waals surface area contributed by atoms with Crippen LogP contribution in [0.4, 0.5) is 10.1 Å². The van der Waals surface area contributed by atoms with Crippen LogP contribution in [0.1, 0.15) is 11.4 Å². The zero-order valence-electron chi connectivity index (χ0n) is 10.1. The molecule has 96 valence electrons. The van der Waals surface area contributed by atoms with Gasteiger partial charge in [0.25, 0.3) is 0 Å². The van der Waals surface area contributed by atoms with Gasteiger partial charge in [0.1, 0.15) is 5.82 Å². The summed E-state index contributed by atoms with van der Waals surface area (Å²) in [7, 11) is 1.84. The third kappa shape index (κ3) is 2.62. The lowest BCUT2D eigenvalue weighted by Crippen LogP contribution is -1.97. The lowest BCUT2D eigenvalue weighted by molar-refractivity contribution is 0.624. The van der Waals surface area contributed by atoms with Crippen molar-refractivity contribution in [2.45, 2.75) is 17.6 Å². The van der Waals surface area contributed by atoms with Crippen LogP contribution >= 0.6 is 23.4 Å². The van der Waals surface area contributed by atoms with Crippen LogP contribution in [-0.2, 0) is 12.8 Å². The number of rotatable bonds is 3. The number of hydrogen-bond donors (Lipinski definition) is 1. The van der Waals surface area contributed by atoms with E-state index in [1.807, 2.05) is 14.0 Å². The topological polar surface area (TPSA) is 43.8 Å². The molecular formula is C12H13ClFN3S. The highest BCUT2D eigenvalue weighted by Gasteiger charge is 2.12. The molecule has 0 aliphatic carbocycles. The summed E-state index contributed by atoms with van der Waals surface area (Å²) < 4.78 is 14.9. The van der Waals surface area contributed by atoms with Crippen molar-refractivity contribution in [3.63, 3.8) is 0 Å². The number of aromatic nitrogens is 2. The molecule has 6 heteroatoms. The van der Waals surface area contributed by atoms with E-state index >= 15 is 0 Å². The Morgan fingerprint density at radius 2 is 2.22 bits per heavy atom. The molecule has 0 saturated heterocycles. The molecule has 0 saturated carbocycles. The number of nitrogens with two attached hydrogens (primary N) is 1. The first-order chi connectivity index (χ1) is 8.49. The molecule has 0 radical (unpaired) electrons. The number of aryl methyl sites for hydroxylation is 2. The number of nitrogen functional groups attached to an aromatic ring is 1. The van der Waals surface area contributed by atoms with E-state index in [2.05, 4.69) is 5.10 Å². The molecule has 0 fully saturated rings. The molecule has 0 amide bonds. The van der Waals surface area contributed by atoms with E-state index < -0.39 is 0 Å². The molecule has 3 nitrogen and oxygen atoms in total. The largest absolute Gasteiger partial charge is 0.398 e. The highest BCUT2D eigenvalue weighted by Crippen LogP contribution is 2.31. The minimum absolute atomic E-state index is 0.293. The van der Waals surface area contributed by atoms with Gasteiger partial charge in [0.2, 0.25) is 0 Å². The maximum Gasteiger partial charge on any atom is 0.124 e. The van der Waals surface area contributed by atoms with Crippen LogP contribution in [0.5, 0.6) is 0 Å². The molecule has 2 aromatic rings. The highest BCUT2D eigenvalue weighted by atomic mass is 35.5. The van der Waals surface area contributed by atoms with Gasteiger partial charge < -0.3 is 5.73 Å². The third-order valence-electron chi connectivity index (χ3n) is 2.60. The number of nitrogens with zero attached hydrogens (tertiary/aromatic N) is 2. The van der Waals surface area contributed by atoms with Gasteiger partial charge in [-0.3, -0.25) is 4.68 Å². The molecule has 0 aliphatic heterocycles. The van der Waals surface area contributed by atoms with Gasteiger partial charge in [-0.05, 0) is 25.1 Å². The second-order valence-electron chi connectivity index (χ2n) is 3.94. The van der Waals surface area contributed by atoms with Gasteiger partial charge in [-0.2, -0.15) is 5.10 Å². The number of hydrogen-bond acceptors (Lipinski definition) is 3. The van der Waals surface area contributed by atoms with E-state index in [0.717, 1.165) is 11.4 Å². The van der Waals surface area contributed by atoms with Crippen LogP contribution in [0.3, 0.4) is 0 Å². The number of benzene rings is 1. The summed E-state index contributed by atoms with van der Waals surface area (Å²) in [5.74, 6) is 0.308. The van der Waals surface area contributed by atoms with Crippen molar-refractivity contribution in [2.75, 3.05) is 5.73 Å². The fraction of sp³-hybridized carbons (Fsp3) is 0.250. The van der Waals surface area contributed by atoms with E-state index in [1.54, 1.807) is 10.7 Å². The van der Waals surface area contributed by atoms with Crippen molar-refractivity contribution >= 4 is 29.1 Å². The van der Waals surface area contributed by atoms with Gasteiger partial charge in [-0.25, -0.2) is 4.39 Å². The molecule has 1 heterocycles. The van der Waals surface area contributed by atoms with Crippen LogP contribution < -0.4 is 5.73 Å². The molecule has 2 N–H and O–H groups in total. The van der Waals surface area contributed by atoms with Crippen LogP contribution in [0, 0.1) is 12.7 Å². The molecule has 18 heavy (non-hydrogen) atoms. The minimum Gasteiger partial charge on any atom is -0.398 e.